The Balaban J connectivity index is 2.28. The van der Waals surface area contributed by atoms with Crippen LogP contribution in [0.2, 0.25) is 0 Å². The molecule has 0 radical (unpaired) electrons. The fraction of sp³-hybridized carbons (Fsp3) is 0.200. The lowest BCUT2D eigenvalue weighted by atomic mass is 10.1. The Labute approximate surface area is 86.6 Å². The molecule has 2 aromatic heterocycles. The highest BCUT2D eigenvalue weighted by Gasteiger charge is 2.10. The van der Waals surface area contributed by atoms with Gasteiger partial charge < -0.3 is 5.73 Å². The normalized spacial score (nSPS) is 12.7. The van der Waals surface area contributed by atoms with Gasteiger partial charge in [0.15, 0.2) is 0 Å². The minimum absolute atomic E-state index is 0.158. The molecule has 14 heavy (non-hydrogen) atoms. The van der Waals surface area contributed by atoms with E-state index in [1.807, 2.05) is 23.8 Å². The molecule has 0 spiro atoms. The SMILES string of the molecule is Cc1cnc(C(N)c2ccsc2)cn1. The van der Waals surface area contributed by atoms with Crippen LogP contribution in [0.5, 0.6) is 0 Å². The average molecular weight is 205 g/mol. The third-order valence-corrected chi connectivity index (χ3v) is 2.72. The number of nitrogens with two attached hydrogens (primary N) is 1. The molecule has 3 nitrogen and oxygen atoms in total. The van der Waals surface area contributed by atoms with E-state index in [1.165, 1.54) is 0 Å². The fourth-order valence-electron chi connectivity index (χ4n) is 1.19. The molecule has 2 rings (SSSR count). The lowest BCUT2D eigenvalue weighted by Gasteiger charge is -2.08. The first-order chi connectivity index (χ1) is 6.77. The molecule has 0 saturated carbocycles. The lowest BCUT2D eigenvalue weighted by Crippen LogP contribution is -2.13. The van der Waals surface area contributed by atoms with Gasteiger partial charge in [-0.1, -0.05) is 0 Å². The van der Waals surface area contributed by atoms with Gasteiger partial charge in [-0.25, -0.2) is 0 Å². The quantitative estimate of drug-likeness (QED) is 0.814. The first kappa shape index (κ1) is 9.30. The van der Waals surface area contributed by atoms with E-state index in [0.717, 1.165) is 17.0 Å². The van der Waals surface area contributed by atoms with Crippen molar-refractivity contribution in [3.8, 4) is 0 Å². The molecule has 4 heteroatoms. The Bertz CT molecular complexity index is 394. The van der Waals surface area contributed by atoms with Gasteiger partial charge in [0.1, 0.15) is 0 Å². The first-order valence-electron chi connectivity index (χ1n) is 4.33. The molecule has 1 atom stereocenters. The molecule has 2 N–H and O–H groups in total. The Hall–Kier alpha value is -1.26. The van der Waals surface area contributed by atoms with Gasteiger partial charge in [-0.3, -0.25) is 9.97 Å². The van der Waals surface area contributed by atoms with E-state index in [0.29, 0.717) is 0 Å². The van der Waals surface area contributed by atoms with Gasteiger partial charge in [0.25, 0.3) is 0 Å². The summed E-state index contributed by atoms with van der Waals surface area (Å²) in [4.78, 5) is 8.42. The van der Waals surface area contributed by atoms with Crippen molar-refractivity contribution in [2.24, 2.45) is 5.73 Å². The van der Waals surface area contributed by atoms with Crippen LogP contribution in [-0.4, -0.2) is 9.97 Å². The van der Waals surface area contributed by atoms with Gasteiger partial charge in [0.2, 0.25) is 0 Å². The van der Waals surface area contributed by atoms with Gasteiger partial charge in [0.05, 0.1) is 23.6 Å². The van der Waals surface area contributed by atoms with E-state index in [1.54, 1.807) is 23.7 Å². The second-order valence-corrected chi connectivity index (χ2v) is 3.90. The number of thiophene rings is 1. The third-order valence-electron chi connectivity index (χ3n) is 2.02. The monoisotopic (exact) mass is 205 g/mol. The van der Waals surface area contributed by atoms with Crippen LogP contribution in [0.3, 0.4) is 0 Å². The maximum Gasteiger partial charge on any atom is 0.0799 e. The molecule has 0 aliphatic carbocycles. The molecule has 0 saturated heterocycles. The van der Waals surface area contributed by atoms with Gasteiger partial charge in [-0.2, -0.15) is 11.3 Å². The minimum Gasteiger partial charge on any atom is -0.319 e. The second kappa shape index (κ2) is 3.86. The zero-order valence-corrected chi connectivity index (χ0v) is 8.66. The van der Waals surface area contributed by atoms with Crippen LogP contribution in [0, 0.1) is 6.92 Å². The Morgan fingerprint density at radius 1 is 1.36 bits per heavy atom. The fourth-order valence-corrected chi connectivity index (χ4v) is 1.88. The predicted molar refractivity (Wildman–Crippen MR) is 57.1 cm³/mol. The maximum absolute atomic E-state index is 6.01. The van der Waals surface area contributed by atoms with Crippen LogP contribution in [0.25, 0.3) is 0 Å². The van der Waals surface area contributed by atoms with Crippen LogP contribution >= 0.6 is 11.3 Å². The number of aromatic nitrogens is 2. The Kier molecular flexibility index (Phi) is 2.56. The van der Waals surface area contributed by atoms with Crippen molar-refractivity contribution in [2.45, 2.75) is 13.0 Å². The first-order valence-corrected chi connectivity index (χ1v) is 5.28. The molecular formula is C10H11N3S. The van der Waals surface area contributed by atoms with Crippen LogP contribution in [0.1, 0.15) is 23.0 Å². The van der Waals surface area contributed by atoms with E-state index in [2.05, 4.69) is 9.97 Å². The molecule has 2 heterocycles. The molecule has 0 fully saturated rings. The van der Waals surface area contributed by atoms with Crippen molar-refractivity contribution in [3.63, 3.8) is 0 Å². The number of nitrogens with zero attached hydrogens (tertiary/aromatic N) is 2. The molecule has 2 aromatic rings. The van der Waals surface area contributed by atoms with E-state index >= 15 is 0 Å². The molecule has 0 bridgehead atoms. The van der Waals surface area contributed by atoms with Crippen LogP contribution < -0.4 is 5.73 Å². The summed E-state index contributed by atoms with van der Waals surface area (Å²) in [7, 11) is 0. The molecule has 72 valence electrons. The highest BCUT2D eigenvalue weighted by Crippen LogP contribution is 2.19. The van der Waals surface area contributed by atoms with Crippen molar-refractivity contribution >= 4 is 11.3 Å². The van der Waals surface area contributed by atoms with Gasteiger partial charge in [0, 0.05) is 6.20 Å². The van der Waals surface area contributed by atoms with E-state index in [-0.39, 0.29) is 6.04 Å². The van der Waals surface area contributed by atoms with Crippen molar-refractivity contribution in [1.82, 2.24) is 9.97 Å². The zero-order valence-electron chi connectivity index (χ0n) is 7.84. The summed E-state index contributed by atoms with van der Waals surface area (Å²) in [5, 5.41) is 4.04. The zero-order chi connectivity index (χ0) is 9.97. The van der Waals surface area contributed by atoms with Gasteiger partial charge in [-0.05, 0) is 29.3 Å². The predicted octanol–water partition coefficient (Wildman–Crippen LogP) is 1.89. The van der Waals surface area contributed by atoms with Crippen molar-refractivity contribution < 1.29 is 0 Å². The standard InChI is InChI=1S/C10H11N3S/c1-7-4-13-9(5-12-7)10(11)8-2-3-14-6-8/h2-6,10H,11H2,1H3. The molecular weight excluding hydrogens is 194 g/mol. The van der Waals surface area contributed by atoms with Crippen LogP contribution in [0.15, 0.2) is 29.2 Å². The average Bonchev–Trinajstić information content (AvgIpc) is 2.71. The summed E-state index contributed by atoms with van der Waals surface area (Å²) in [6.45, 7) is 1.91. The summed E-state index contributed by atoms with van der Waals surface area (Å²) in [5.74, 6) is 0. The summed E-state index contributed by atoms with van der Waals surface area (Å²) < 4.78 is 0. The minimum atomic E-state index is -0.158. The summed E-state index contributed by atoms with van der Waals surface area (Å²) in [6, 6.07) is 1.85. The maximum atomic E-state index is 6.01. The summed E-state index contributed by atoms with van der Waals surface area (Å²) in [6.07, 6.45) is 3.47. The lowest BCUT2D eigenvalue weighted by molar-refractivity contribution is 0.817. The van der Waals surface area contributed by atoms with E-state index in [9.17, 15) is 0 Å². The largest absolute Gasteiger partial charge is 0.319 e. The topological polar surface area (TPSA) is 51.8 Å². The molecule has 1 unspecified atom stereocenters. The van der Waals surface area contributed by atoms with Crippen molar-refractivity contribution in [2.75, 3.05) is 0 Å². The molecule has 0 amide bonds. The number of aryl methyl sites for hydroxylation is 1. The summed E-state index contributed by atoms with van der Waals surface area (Å²) in [5.41, 5.74) is 8.83. The van der Waals surface area contributed by atoms with Gasteiger partial charge in [-0.15, -0.1) is 0 Å². The number of rotatable bonds is 2. The second-order valence-electron chi connectivity index (χ2n) is 3.12. The van der Waals surface area contributed by atoms with Crippen molar-refractivity contribution in [1.29, 1.82) is 0 Å². The summed E-state index contributed by atoms with van der Waals surface area (Å²) >= 11 is 1.64. The highest BCUT2D eigenvalue weighted by atomic mass is 32.1. The van der Waals surface area contributed by atoms with E-state index in [4.69, 9.17) is 5.73 Å². The Morgan fingerprint density at radius 2 is 2.21 bits per heavy atom. The van der Waals surface area contributed by atoms with Crippen LogP contribution in [-0.2, 0) is 0 Å². The smallest absolute Gasteiger partial charge is 0.0799 e. The molecule has 0 aromatic carbocycles. The van der Waals surface area contributed by atoms with Crippen molar-refractivity contribution in [3.05, 3.63) is 46.2 Å². The number of hydrogen-bond acceptors (Lipinski definition) is 4. The van der Waals surface area contributed by atoms with E-state index < -0.39 is 0 Å². The van der Waals surface area contributed by atoms with Crippen LogP contribution in [0.4, 0.5) is 0 Å². The molecule has 0 aliphatic heterocycles. The molecule has 0 aliphatic rings. The van der Waals surface area contributed by atoms with Gasteiger partial charge >= 0.3 is 0 Å². The number of hydrogen-bond donors (Lipinski definition) is 1. The third kappa shape index (κ3) is 1.81. The highest BCUT2D eigenvalue weighted by molar-refractivity contribution is 7.07. The Morgan fingerprint density at radius 3 is 2.79 bits per heavy atom.